The number of hydrogen-bond donors (Lipinski definition) is 0. The van der Waals surface area contributed by atoms with Crippen molar-refractivity contribution in [1.82, 2.24) is 14.9 Å². The zero-order valence-electron chi connectivity index (χ0n) is 17.2. The van der Waals surface area contributed by atoms with Gasteiger partial charge in [0.05, 0.1) is 16.2 Å². The summed E-state index contributed by atoms with van der Waals surface area (Å²) in [5, 5.41) is 0. The molecule has 0 bridgehead atoms. The van der Waals surface area contributed by atoms with Crippen molar-refractivity contribution in [2.75, 3.05) is 12.8 Å². The summed E-state index contributed by atoms with van der Waals surface area (Å²) in [4.78, 5) is 20.7. The maximum absolute atomic E-state index is 13.1. The van der Waals surface area contributed by atoms with Crippen molar-refractivity contribution in [3.05, 3.63) is 47.0 Å². The molecular formula is C19H17F6N3O4S. The van der Waals surface area contributed by atoms with Gasteiger partial charge in [-0.3, -0.25) is 4.79 Å². The molecule has 1 aliphatic rings. The minimum Gasteiger partial charge on any atom is -0.480 e. The van der Waals surface area contributed by atoms with Crippen LogP contribution >= 0.6 is 0 Å². The highest BCUT2D eigenvalue weighted by atomic mass is 32.2. The van der Waals surface area contributed by atoms with Crippen molar-refractivity contribution in [2.24, 2.45) is 0 Å². The second kappa shape index (κ2) is 8.47. The number of rotatable bonds is 4. The average Bonchev–Trinajstić information content (AvgIpc) is 2.70. The van der Waals surface area contributed by atoms with Crippen LogP contribution in [0.4, 0.5) is 26.3 Å². The Morgan fingerprint density at radius 2 is 1.85 bits per heavy atom. The predicted octanol–water partition coefficient (Wildman–Crippen LogP) is 3.43. The van der Waals surface area contributed by atoms with E-state index in [0.717, 1.165) is 42.5 Å². The fraction of sp³-hybridized carbons (Fsp3) is 0.421. The summed E-state index contributed by atoms with van der Waals surface area (Å²) >= 11 is 0. The van der Waals surface area contributed by atoms with E-state index >= 15 is 0 Å². The Balaban J connectivity index is 1.95. The van der Waals surface area contributed by atoms with Crippen LogP contribution in [0.15, 0.2) is 29.3 Å². The van der Waals surface area contributed by atoms with Gasteiger partial charge in [0.25, 0.3) is 5.91 Å². The van der Waals surface area contributed by atoms with Crippen molar-refractivity contribution in [3.8, 4) is 5.75 Å². The quantitative estimate of drug-likeness (QED) is 0.602. The summed E-state index contributed by atoms with van der Waals surface area (Å²) in [7, 11) is -3.81. The lowest BCUT2D eigenvalue weighted by Gasteiger charge is -2.29. The SMILES string of the molecule is CC(Oc1ccc(S(C)(=O)=O)cc1C(=O)N1CCc2nc(C(F)(F)F)ncc2C1)C(F)(F)F. The number of ether oxygens (including phenoxy) is 1. The van der Waals surface area contributed by atoms with Gasteiger partial charge in [-0.05, 0) is 25.1 Å². The van der Waals surface area contributed by atoms with E-state index in [4.69, 9.17) is 4.74 Å². The zero-order chi connectivity index (χ0) is 24.8. The summed E-state index contributed by atoms with van der Waals surface area (Å²) in [5.74, 6) is -2.65. The molecule has 1 unspecified atom stereocenters. The Bertz CT molecular complexity index is 1180. The van der Waals surface area contributed by atoms with Crippen LogP contribution in [0.25, 0.3) is 0 Å². The van der Waals surface area contributed by atoms with E-state index in [1.807, 2.05) is 0 Å². The molecule has 0 aliphatic carbocycles. The van der Waals surface area contributed by atoms with Gasteiger partial charge in [-0.25, -0.2) is 18.4 Å². The third kappa shape index (κ3) is 5.54. The van der Waals surface area contributed by atoms with Crippen LogP contribution in [0.3, 0.4) is 0 Å². The molecule has 0 fully saturated rings. The molecule has 1 aromatic carbocycles. The standard InChI is InChI=1S/C19H17F6N3O4S/c1-10(18(20,21)22)32-15-4-3-12(33(2,30)31)7-13(15)16(29)28-6-5-14-11(9-28)8-26-17(27-14)19(23,24)25/h3-4,7-8,10H,5-6,9H2,1-2H3. The Morgan fingerprint density at radius 3 is 2.42 bits per heavy atom. The van der Waals surface area contributed by atoms with Crippen LogP contribution in [-0.4, -0.2) is 54.3 Å². The number of aromatic nitrogens is 2. The summed E-state index contributed by atoms with van der Waals surface area (Å²) in [6.45, 7) is 0.409. The molecule has 1 aromatic heterocycles. The first kappa shape index (κ1) is 24.7. The Labute approximate surface area is 184 Å². The number of benzene rings is 1. The topological polar surface area (TPSA) is 89.5 Å². The number of halogens is 6. The molecule has 0 radical (unpaired) electrons. The minimum atomic E-state index is -4.74. The lowest BCUT2D eigenvalue weighted by molar-refractivity contribution is -0.189. The van der Waals surface area contributed by atoms with Crippen molar-refractivity contribution >= 4 is 15.7 Å². The number of alkyl halides is 6. The Morgan fingerprint density at radius 1 is 1.18 bits per heavy atom. The lowest BCUT2D eigenvalue weighted by atomic mass is 10.1. The monoisotopic (exact) mass is 497 g/mol. The van der Waals surface area contributed by atoms with Crippen molar-refractivity contribution < 1.29 is 44.3 Å². The first-order chi connectivity index (χ1) is 15.1. The molecule has 1 amide bonds. The van der Waals surface area contributed by atoms with Gasteiger partial charge >= 0.3 is 12.4 Å². The van der Waals surface area contributed by atoms with Crippen LogP contribution in [0, 0.1) is 0 Å². The highest BCUT2D eigenvalue weighted by molar-refractivity contribution is 7.90. The molecule has 0 saturated heterocycles. The van der Waals surface area contributed by atoms with E-state index in [1.54, 1.807) is 0 Å². The normalized spacial score (nSPS) is 15.7. The summed E-state index contributed by atoms with van der Waals surface area (Å²) < 4.78 is 106. The van der Waals surface area contributed by atoms with E-state index in [9.17, 15) is 39.6 Å². The number of hydrogen-bond acceptors (Lipinski definition) is 6. The molecule has 1 aliphatic heterocycles. The molecule has 2 aromatic rings. The predicted molar refractivity (Wildman–Crippen MR) is 101 cm³/mol. The van der Waals surface area contributed by atoms with E-state index in [-0.39, 0.29) is 35.7 Å². The fourth-order valence-electron chi connectivity index (χ4n) is 3.06. The maximum Gasteiger partial charge on any atom is 0.451 e. The summed E-state index contributed by atoms with van der Waals surface area (Å²) in [6, 6.07) is 2.89. The van der Waals surface area contributed by atoms with Gasteiger partial charge < -0.3 is 9.64 Å². The number of carbonyl (C=O) groups excluding carboxylic acids is 1. The van der Waals surface area contributed by atoms with Crippen LogP contribution < -0.4 is 4.74 Å². The largest absolute Gasteiger partial charge is 0.480 e. The van der Waals surface area contributed by atoms with E-state index in [0.29, 0.717) is 0 Å². The highest BCUT2D eigenvalue weighted by Crippen LogP contribution is 2.32. The second-order valence-corrected chi connectivity index (χ2v) is 9.39. The first-order valence-corrected chi connectivity index (χ1v) is 11.2. The van der Waals surface area contributed by atoms with Gasteiger partial charge in [0.1, 0.15) is 5.75 Å². The van der Waals surface area contributed by atoms with E-state index < -0.39 is 51.3 Å². The molecule has 7 nitrogen and oxygen atoms in total. The molecule has 180 valence electrons. The number of amides is 1. The van der Waals surface area contributed by atoms with Crippen LogP contribution in [0.1, 0.15) is 34.4 Å². The number of carbonyl (C=O) groups is 1. The molecule has 1 atom stereocenters. The number of fused-ring (bicyclic) bond motifs is 1. The van der Waals surface area contributed by atoms with Gasteiger partial charge in [0, 0.05) is 37.5 Å². The van der Waals surface area contributed by atoms with Crippen LogP contribution in [-0.2, 0) is 29.0 Å². The molecule has 33 heavy (non-hydrogen) atoms. The smallest absolute Gasteiger partial charge is 0.451 e. The summed E-state index contributed by atoms with van der Waals surface area (Å²) in [5.41, 5.74) is -0.105. The molecule has 0 saturated carbocycles. The molecule has 0 N–H and O–H groups in total. The van der Waals surface area contributed by atoms with Gasteiger partial charge in [0.2, 0.25) is 5.82 Å². The maximum atomic E-state index is 13.1. The third-order valence-electron chi connectivity index (χ3n) is 4.85. The van der Waals surface area contributed by atoms with Crippen molar-refractivity contribution in [2.45, 2.75) is 43.2 Å². The van der Waals surface area contributed by atoms with Gasteiger partial charge in [-0.2, -0.15) is 26.3 Å². The first-order valence-electron chi connectivity index (χ1n) is 9.36. The molecule has 14 heteroatoms. The lowest BCUT2D eigenvalue weighted by Crippen LogP contribution is -2.38. The molecule has 2 heterocycles. The average molecular weight is 497 g/mol. The van der Waals surface area contributed by atoms with Gasteiger partial charge in [-0.1, -0.05) is 0 Å². The van der Waals surface area contributed by atoms with Crippen LogP contribution in [0.2, 0.25) is 0 Å². The zero-order valence-corrected chi connectivity index (χ0v) is 18.0. The minimum absolute atomic E-state index is 0.0619. The van der Waals surface area contributed by atoms with Gasteiger partial charge in [0.15, 0.2) is 15.9 Å². The van der Waals surface area contributed by atoms with Crippen LogP contribution in [0.5, 0.6) is 5.75 Å². The van der Waals surface area contributed by atoms with E-state index in [1.165, 1.54) is 0 Å². The Hall–Kier alpha value is -2.90. The second-order valence-electron chi connectivity index (χ2n) is 7.37. The molecular weight excluding hydrogens is 480 g/mol. The van der Waals surface area contributed by atoms with E-state index in [2.05, 4.69) is 9.97 Å². The molecule has 3 rings (SSSR count). The van der Waals surface area contributed by atoms with Gasteiger partial charge in [-0.15, -0.1) is 0 Å². The summed E-state index contributed by atoms with van der Waals surface area (Å²) in [6.07, 6.45) is -10.0. The third-order valence-corrected chi connectivity index (χ3v) is 5.96. The number of nitrogens with zero attached hydrogens (tertiary/aromatic N) is 3. The van der Waals surface area contributed by atoms with Crippen molar-refractivity contribution in [3.63, 3.8) is 0 Å². The fourth-order valence-corrected chi connectivity index (χ4v) is 3.71. The highest BCUT2D eigenvalue weighted by Gasteiger charge is 2.39. The molecule has 0 spiro atoms. The number of sulfone groups is 1. The Kier molecular flexibility index (Phi) is 6.35. The van der Waals surface area contributed by atoms with Crippen molar-refractivity contribution in [1.29, 1.82) is 0 Å².